The van der Waals surface area contributed by atoms with E-state index in [0.717, 1.165) is 10.6 Å². The number of furan rings is 1. The molecule has 9 nitrogen and oxygen atoms in total. The Balaban J connectivity index is 1.72. The number of rotatable bonds is 6. The van der Waals surface area contributed by atoms with Crippen molar-refractivity contribution in [3.63, 3.8) is 0 Å². The summed E-state index contributed by atoms with van der Waals surface area (Å²) in [5.41, 5.74) is -0.197. The molecule has 27 heavy (non-hydrogen) atoms. The Kier molecular flexibility index (Phi) is 5.02. The van der Waals surface area contributed by atoms with Gasteiger partial charge < -0.3 is 9.73 Å². The van der Waals surface area contributed by atoms with Gasteiger partial charge in [0, 0.05) is 13.0 Å². The second-order valence-electron chi connectivity index (χ2n) is 6.33. The van der Waals surface area contributed by atoms with Crippen LogP contribution in [0.15, 0.2) is 52.0 Å². The van der Waals surface area contributed by atoms with Gasteiger partial charge in [-0.15, -0.1) is 0 Å². The Bertz CT molecular complexity index is 892. The molecule has 1 aromatic heterocycles. The van der Waals surface area contributed by atoms with Gasteiger partial charge in [-0.05, 0) is 25.0 Å². The number of carbonyl (C=O) groups excluding carboxylic acids is 2. The number of hydrogen-bond acceptors (Lipinski definition) is 6. The van der Waals surface area contributed by atoms with Gasteiger partial charge >= 0.3 is 5.88 Å². The van der Waals surface area contributed by atoms with Crippen LogP contribution in [-0.4, -0.2) is 33.5 Å². The summed E-state index contributed by atoms with van der Waals surface area (Å²) >= 11 is 0. The lowest BCUT2D eigenvalue weighted by molar-refractivity contribution is -0.402. The molecule has 1 saturated heterocycles. The maximum Gasteiger partial charge on any atom is 0.433 e. The van der Waals surface area contributed by atoms with Crippen molar-refractivity contribution in [2.24, 2.45) is 5.10 Å². The van der Waals surface area contributed by atoms with E-state index in [-0.39, 0.29) is 24.0 Å². The Hall–Kier alpha value is -3.49. The van der Waals surface area contributed by atoms with E-state index in [1.54, 1.807) is 6.92 Å². The van der Waals surface area contributed by atoms with Gasteiger partial charge in [0.25, 0.3) is 0 Å². The summed E-state index contributed by atoms with van der Waals surface area (Å²) in [5, 5.41) is 18.7. The summed E-state index contributed by atoms with van der Waals surface area (Å²) in [6.45, 7) is 1.98. The molecular weight excluding hydrogens is 352 g/mol. The molecule has 1 atom stereocenters. The average molecular weight is 370 g/mol. The highest BCUT2D eigenvalue weighted by Crippen LogP contribution is 2.31. The summed E-state index contributed by atoms with van der Waals surface area (Å²) in [6, 6.07) is 12.0. The van der Waals surface area contributed by atoms with Crippen molar-refractivity contribution in [2.75, 3.05) is 0 Å². The molecular formula is C18H18N4O5. The lowest BCUT2D eigenvalue weighted by atomic mass is 9.98. The average Bonchev–Trinajstić information content (AvgIpc) is 3.25. The van der Waals surface area contributed by atoms with Crippen LogP contribution in [0.5, 0.6) is 0 Å². The van der Waals surface area contributed by atoms with Gasteiger partial charge in [0.2, 0.25) is 11.8 Å². The molecule has 2 amide bonds. The monoisotopic (exact) mass is 370 g/mol. The third-order valence-corrected chi connectivity index (χ3v) is 4.41. The van der Waals surface area contributed by atoms with Crippen molar-refractivity contribution in [3.8, 4) is 0 Å². The van der Waals surface area contributed by atoms with Crippen LogP contribution in [0.1, 0.15) is 31.1 Å². The van der Waals surface area contributed by atoms with Gasteiger partial charge in [-0.25, -0.2) is 5.01 Å². The zero-order valence-corrected chi connectivity index (χ0v) is 14.6. The van der Waals surface area contributed by atoms with E-state index in [1.165, 1.54) is 18.3 Å². The van der Waals surface area contributed by atoms with Crippen LogP contribution in [0, 0.1) is 10.1 Å². The fourth-order valence-electron chi connectivity index (χ4n) is 2.83. The van der Waals surface area contributed by atoms with Gasteiger partial charge in [0.15, 0.2) is 5.76 Å². The molecule has 0 saturated carbocycles. The molecule has 1 aliphatic rings. The molecule has 1 N–H and O–H groups in total. The molecule has 2 aromatic rings. The number of amides is 2. The fourth-order valence-corrected chi connectivity index (χ4v) is 2.83. The van der Waals surface area contributed by atoms with E-state index in [0.29, 0.717) is 13.0 Å². The maximum atomic E-state index is 12.7. The van der Waals surface area contributed by atoms with Crippen molar-refractivity contribution < 1.29 is 18.9 Å². The quantitative estimate of drug-likeness (QED) is 0.475. The van der Waals surface area contributed by atoms with Crippen LogP contribution in [0.3, 0.4) is 0 Å². The number of benzene rings is 1. The van der Waals surface area contributed by atoms with Gasteiger partial charge in [-0.2, -0.15) is 5.10 Å². The molecule has 0 spiro atoms. The van der Waals surface area contributed by atoms with E-state index in [1.807, 2.05) is 30.3 Å². The zero-order valence-electron chi connectivity index (χ0n) is 14.6. The number of hydrogen-bond donors (Lipinski definition) is 1. The van der Waals surface area contributed by atoms with Gasteiger partial charge in [0.1, 0.15) is 10.5 Å². The molecule has 1 aliphatic heterocycles. The maximum absolute atomic E-state index is 12.7. The van der Waals surface area contributed by atoms with Crippen LogP contribution >= 0.6 is 0 Å². The fraction of sp³-hybridized carbons (Fsp3) is 0.278. The highest BCUT2D eigenvalue weighted by Gasteiger charge is 2.47. The molecule has 0 bridgehead atoms. The molecule has 1 unspecified atom stereocenters. The highest BCUT2D eigenvalue weighted by atomic mass is 16.6. The lowest BCUT2D eigenvalue weighted by Gasteiger charge is -2.29. The van der Waals surface area contributed by atoms with E-state index in [9.17, 15) is 19.7 Å². The minimum Gasteiger partial charge on any atom is -0.400 e. The third kappa shape index (κ3) is 3.86. The molecule has 140 valence electrons. The van der Waals surface area contributed by atoms with Gasteiger partial charge in [-0.1, -0.05) is 30.3 Å². The summed E-state index contributed by atoms with van der Waals surface area (Å²) < 4.78 is 4.99. The Morgan fingerprint density at radius 1 is 1.37 bits per heavy atom. The smallest absolute Gasteiger partial charge is 0.400 e. The molecule has 2 heterocycles. The normalized spacial score (nSPS) is 19.6. The Labute approximate surface area is 154 Å². The zero-order chi connectivity index (χ0) is 19.4. The summed E-state index contributed by atoms with van der Waals surface area (Å²) in [5.74, 6) is -0.926. The summed E-state index contributed by atoms with van der Waals surface area (Å²) in [7, 11) is 0. The van der Waals surface area contributed by atoms with E-state index < -0.39 is 16.3 Å². The number of hydrazone groups is 1. The molecule has 0 radical (unpaired) electrons. The van der Waals surface area contributed by atoms with Crippen LogP contribution in [0.2, 0.25) is 0 Å². The first-order valence-corrected chi connectivity index (χ1v) is 8.33. The van der Waals surface area contributed by atoms with Crippen molar-refractivity contribution in [2.45, 2.75) is 31.8 Å². The number of nitrogens with one attached hydrogen (secondary N) is 1. The molecule has 1 fully saturated rings. The summed E-state index contributed by atoms with van der Waals surface area (Å²) in [4.78, 5) is 34.9. The van der Waals surface area contributed by atoms with E-state index in [2.05, 4.69) is 10.4 Å². The number of carbonyl (C=O) groups is 2. The van der Waals surface area contributed by atoms with Crippen LogP contribution in [-0.2, 0) is 16.1 Å². The van der Waals surface area contributed by atoms with Crippen molar-refractivity contribution in [3.05, 3.63) is 63.9 Å². The SMILES string of the molecule is CC1(C(=O)NCc2ccccc2)CCC(=O)N1/N=C/c1ccc([N+](=O)[O-])o1. The van der Waals surface area contributed by atoms with Crippen LogP contribution in [0.4, 0.5) is 5.88 Å². The van der Waals surface area contributed by atoms with Gasteiger partial charge in [0.05, 0.1) is 12.3 Å². The minimum absolute atomic E-state index is 0.119. The van der Waals surface area contributed by atoms with Crippen molar-refractivity contribution in [1.82, 2.24) is 10.3 Å². The highest BCUT2D eigenvalue weighted by molar-refractivity contribution is 5.94. The number of nitrogens with zero attached hydrogens (tertiary/aromatic N) is 3. The van der Waals surface area contributed by atoms with Crippen molar-refractivity contribution >= 4 is 23.9 Å². The van der Waals surface area contributed by atoms with E-state index in [4.69, 9.17) is 4.42 Å². The molecule has 3 rings (SSSR count). The first-order chi connectivity index (χ1) is 12.9. The standard InChI is InChI=1S/C18H18N4O5/c1-18(17(24)19-11-13-5-3-2-4-6-13)10-9-15(23)21(18)20-12-14-7-8-16(27-14)22(25)26/h2-8,12H,9-11H2,1H3,(H,19,24)/b20-12+. The first-order valence-electron chi connectivity index (χ1n) is 8.33. The Morgan fingerprint density at radius 3 is 2.78 bits per heavy atom. The minimum atomic E-state index is -1.14. The topological polar surface area (TPSA) is 118 Å². The van der Waals surface area contributed by atoms with Crippen LogP contribution in [0.25, 0.3) is 0 Å². The Morgan fingerprint density at radius 2 is 2.11 bits per heavy atom. The predicted octanol–water partition coefficient (Wildman–Crippen LogP) is 2.22. The molecule has 0 aliphatic carbocycles. The van der Waals surface area contributed by atoms with Crippen LogP contribution < -0.4 is 5.32 Å². The largest absolute Gasteiger partial charge is 0.433 e. The van der Waals surface area contributed by atoms with Crippen molar-refractivity contribution in [1.29, 1.82) is 0 Å². The molecule has 1 aromatic carbocycles. The van der Waals surface area contributed by atoms with E-state index >= 15 is 0 Å². The predicted molar refractivity (Wildman–Crippen MR) is 95.7 cm³/mol. The van der Waals surface area contributed by atoms with Gasteiger partial charge in [-0.3, -0.25) is 19.7 Å². The lowest BCUT2D eigenvalue weighted by Crippen LogP contribution is -2.52. The third-order valence-electron chi connectivity index (χ3n) is 4.41. The number of nitro groups is 1. The second-order valence-corrected chi connectivity index (χ2v) is 6.33. The molecule has 9 heteroatoms. The summed E-state index contributed by atoms with van der Waals surface area (Å²) in [6.07, 6.45) is 1.70. The first kappa shape index (κ1) is 18.3. The second kappa shape index (κ2) is 7.40.